The van der Waals surface area contributed by atoms with Crippen molar-refractivity contribution in [2.45, 2.75) is 18.0 Å². The molecule has 1 unspecified atom stereocenters. The van der Waals surface area contributed by atoms with Crippen molar-refractivity contribution in [1.82, 2.24) is 0 Å². The Morgan fingerprint density at radius 3 is 1.89 bits per heavy atom. The summed E-state index contributed by atoms with van der Waals surface area (Å²) in [6.07, 6.45) is -11.2. The molecule has 1 heterocycles. The molecule has 0 N–H and O–H groups in total. The van der Waals surface area contributed by atoms with E-state index in [1.165, 1.54) is 0 Å². The van der Waals surface area contributed by atoms with E-state index in [0.717, 1.165) is 0 Å². The molecule has 0 spiro atoms. The molecule has 0 radical (unpaired) electrons. The first-order valence-corrected chi connectivity index (χ1v) is 7.22. The van der Waals surface area contributed by atoms with Gasteiger partial charge in [-0.2, -0.15) is 48.7 Å². The van der Waals surface area contributed by atoms with Gasteiger partial charge in [0, 0.05) is 0 Å². The maximum absolute atomic E-state index is 13.2. The molecule has 0 fully saturated rings. The van der Waals surface area contributed by atoms with E-state index in [1.807, 2.05) is 0 Å². The van der Waals surface area contributed by atoms with Gasteiger partial charge < -0.3 is 4.52 Å². The summed E-state index contributed by atoms with van der Waals surface area (Å²) < 4.78 is 111. The average molecular weight is 353 g/mol. The molecule has 0 aliphatic carbocycles. The SMILES string of the molecule is FC(F)(F)COP1(C(F)(F)C(F)(F)F)=NP=NP=N1. The Labute approximate surface area is 103 Å². The molecule has 0 aromatic carbocycles. The molecule has 110 valence electrons. The van der Waals surface area contributed by atoms with Crippen LogP contribution in [0.3, 0.4) is 0 Å². The third kappa shape index (κ3) is 3.68. The Hall–Kier alpha value is -0.170. The minimum atomic E-state index is -6.12. The second kappa shape index (κ2) is 5.31. The van der Waals surface area contributed by atoms with Crippen molar-refractivity contribution in [3.05, 3.63) is 0 Å². The Morgan fingerprint density at radius 2 is 1.53 bits per heavy atom. The highest BCUT2D eigenvalue weighted by molar-refractivity contribution is 7.69. The number of alkyl halides is 8. The number of rotatable bonds is 3. The molecule has 19 heavy (non-hydrogen) atoms. The quantitative estimate of drug-likeness (QED) is 0.463. The van der Waals surface area contributed by atoms with Crippen molar-refractivity contribution in [3.63, 3.8) is 0 Å². The minimum absolute atomic E-state index is 0.582. The van der Waals surface area contributed by atoms with Gasteiger partial charge in [-0.15, -0.1) is 0 Å². The van der Waals surface area contributed by atoms with Crippen LogP contribution in [-0.2, 0) is 4.52 Å². The van der Waals surface area contributed by atoms with Gasteiger partial charge in [0.2, 0.25) is 0 Å². The molecule has 1 aliphatic heterocycles. The molecule has 1 aliphatic rings. The summed E-state index contributed by atoms with van der Waals surface area (Å²) in [4.78, 5) is 0. The van der Waals surface area contributed by atoms with Crippen molar-refractivity contribution < 1.29 is 39.6 Å². The van der Waals surface area contributed by atoms with Crippen LogP contribution in [-0.4, -0.2) is 24.6 Å². The predicted molar refractivity (Wildman–Crippen MR) is 51.1 cm³/mol. The van der Waals surface area contributed by atoms with Crippen molar-refractivity contribution in [2.75, 3.05) is 6.61 Å². The lowest BCUT2D eigenvalue weighted by Crippen LogP contribution is -2.37. The van der Waals surface area contributed by atoms with Crippen LogP contribution in [0, 0.1) is 0 Å². The lowest BCUT2D eigenvalue weighted by atomic mass is 10.7. The number of hydrogen-bond donors (Lipinski definition) is 0. The highest BCUT2D eigenvalue weighted by Crippen LogP contribution is 2.73. The van der Waals surface area contributed by atoms with Crippen LogP contribution in [0.4, 0.5) is 35.1 Å². The Morgan fingerprint density at radius 1 is 0.947 bits per heavy atom. The molecule has 4 nitrogen and oxygen atoms in total. The van der Waals surface area contributed by atoms with Crippen LogP contribution >= 0.6 is 24.5 Å². The normalized spacial score (nSPS) is 26.1. The number of halogens is 8. The topological polar surface area (TPSA) is 46.3 Å². The van der Waals surface area contributed by atoms with E-state index in [9.17, 15) is 35.1 Å². The molecular formula is C4H2F8N3OP3. The monoisotopic (exact) mass is 353 g/mol. The van der Waals surface area contributed by atoms with E-state index in [2.05, 4.69) is 18.1 Å². The third-order valence-electron chi connectivity index (χ3n) is 1.52. The summed E-state index contributed by atoms with van der Waals surface area (Å²) in [5, 5.41) is 0. The van der Waals surface area contributed by atoms with Gasteiger partial charge in [-0.25, -0.2) is 0 Å². The molecule has 0 aromatic heterocycles. The zero-order chi connectivity index (χ0) is 14.9. The summed E-state index contributed by atoms with van der Waals surface area (Å²) in [7, 11) is -6.52. The van der Waals surface area contributed by atoms with Crippen LogP contribution in [0.2, 0.25) is 0 Å². The van der Waals surface area contributed by atoms with Crippen molar-refractivity contribution >= 4 is 24.5 Å². The molecule has 0 bridgehead atoms. The van der Waals surface area contributed by atoms with E-state index in [4.69, 9.17) is 0 Å². The summed E-state index contributed by atoms with van der Waals surface area (Å²) in [5.41, 5.74) is -5.60. The standard InChI is InChI=1S/C4H2F8N3OP3/c5-2(6,7)1-16-19(14-17-13-18-15-19)4(11,12)3(8,9)10/h1H2. The van der Waals surface area contributed by atoms with Gasteiger partial charge >= 0.3 is 18.0 Å². The number of nitrogens with zero attached hydrogens (tertiary/aromatic N) is 3. The van der Waals surface area contributed by atoms with Gasteiger partial charge in [0.05, 0.1) is 0 Å². The van der Waals surface area contributed by atoms with Gasteiger partial charge in [-0.05, 0) is 0 Å². The van der Waals surface area contributed by atoms with Crippen LogP contribution < -0.4 is 0 Å². The molecule has 0 aromatic rings. The smallest absolute Gasteiger partial charge is 0.313 e. The van der Waals surface area contributed by atoms with Crippen LogP contribution in [0.1, 0.15) is 0 Å². The van der Waals surface area contributed by atoms with Crippen molar-refractivity contribution in [3.8, 4) is 0 Å². The molecule has 1 rings (SSSR count). The second-order valence-electron chi connectivity index (χ2n) is 2.92. The fraction of sp³-hybridized carbons (Fsp3) is 1.00. The molecule has 0 saturated carbocycles. The van der Waals surface area contributed by atoms with Gasteiger partial charge in [0.25, 0.3) is 7.43 Å². The van der Waals surface area contributed by atoms with Crippen LogP contribution in [0.25, 0.3) is 0 Å². The highest BCUT2D eigenvalue weighted by Gasteiger charge is 2.69. The van der Waals surface area contributed by atoms with Gasteiger partial charge in [0.15, 0.2) is 23.7 Å². The molecule has 0 saturated heterocycles. The van der Waals surface area contributed by atoms with Crippen LogP contribution in [0.5, 0.6) is 0 Å². The maximum atomic E-state index is 13.2. The van der Waals surface area contributed by atoms with E-state index < -0.39 is 49.1 Å². The summed E-state index contributed by atoms with van der Waals surface area (Å²) in [6, 6.07) is 0. The molecular weight excluding hydrogens is 351 g/mol. The highest BCUT2D eigenvalue weighted by atomic mass is 31.2. The zero-order valence-corrected chi connectivity index (χ0v) is 11.0. The van der Waals surface area contributed by atoms with Gasteiger partial charge in [-0.3, -0.25) is 0 Å². The summed E-state index contributed by atoms with van der Waals surface area (Å²) in [6.45, 7) is -2.30. The van der Waals surface area contributed by atoms with Crippen LogP contribution in [0.15, 0.2) is 13.5 Å². The Balaban J connectivity index is 3.21. The van der Waals surface area contributed by atoms with E-state index in [1.54, 1.807) is 0 Å². The molecule has 1 atom stereocenters. The fourth-order valence-corrected chi connectivity index (χ4v) is 5.29. The summed E-state index contributed by atoms with van der Waals surface area (Å²) in [5.74, 6) is 0. The molecule has 15 heteroatoms. The van der Waals surface area contributed by atoms with E-state index >= 15 is 0 Å². The Kier molecular flexibility index (Phi) is 4.72. The average Bonchev–Trinajstić information content (AvgIpc) is 2.25. The largest absolute Gasteiger partial charge is 0.463 e. The fourth-order valence-electron chi connectivity index (χ4n) is 0.753. The van der Waals surface area contributed by atoms with E-state index in [0.29, 0.717) is 0 Å². The second-order valence-corrected chi connectivity index (χ2v) is 7.33. The lowest BCUT2D eigenvalue weighted by molar-refractivity contribution is -0.246. The number of hydrogen-bond acceptors (Lipinski definition) is 4. The molecule has 0 amide bonds. The first-order chi connectivity index (χ1) is 8.41. The van der Waals surface area contributed by atoms with Gasteiger partial charge in [-0.1, -0.05) is 0 Å². The van der Waals surface area contributed by atoms with E-state index in [-0.39, 0.29) is 0 Å². The van der Waals surface area contributed by atoms with Gasteiger partial charge in [0.1, 0.15) is 0 Å². The first-order valence-electron chi connectivity index (χ1n) is 4.01. The predicted octanol–water partition coefficient (Wildman–Crippen LogP) is 5.85. The summed E-state index contributed by atoms with van der Waals surface area (Å²) >= 11 is 0. The minimum Gasteiger partial charge on any atom is -0.313 e. The first kappa shape index (κ1) is 16.9. The maximum Gasteiger partial charge on any atom is 0.463 e. The lowest BCUT2D eigenvalue weighted by Gasteiger charge is -2.29. The third-order valence-corrected chi connectivity index (χ3v) is 6.21. The zero-order valence-electron chi connectivity index (χ0n) is 8.32. The van der Waals surface area contributed by atoms with Crippen molar-refractivity contribution in [2.24, 2.45) is 13.5 Å². The Bertz CT molecular complexity index is 453. The van der Waals surface area contributed by atoms with Crippen molar-refractivity contribution in [1.29, 1.82) is 0 Å².